The van der Waals surface area contributed by atoms with Gasteiger partial charge < -0.3 is 10.6 Å². The Morgan fingerprint density at radius 1 is 1.42 bits per heavy atom. The number of nitrogens with two attached hydrogens (primary N) is 1. The normalized spacial score (nSPS) is 29.4. The van der Waals surface area contributed by atoms with Gasteiger partial charge in [-0.2, -0.15) is 5.26 Å². The van der Waals surface area contributed by atoms with Crippen LogP contribution in [0.1, 0.15) is 44.9 Å². The highest BCUT2D eigenvalue weighted by atomic mass is 35.5. The van der Waals surface area contributed by atoms with Gasteiger partial charge in [-0.1, -0.05) is 19.3 Å². The van der Waals surface area contributed by atoms with Crippen molar-refractivity contribution in [2.75, 3.05) is 6.54 Å². The highest BCUT2D eigenvalue weighted by molar-refractivity contribution is 5.85. The van der Waals surface area contributed by atoms with E-state index < -0.39 is 17.8 Å². The van der Waals surface area contributed by atoms with Gasteiger partial charge in [0.1, 0.15) is 12.2 Å². The van der Waals surface area contributed by atoms with Crippen LogP contribution in [0.4, 0.5) is 4.39 Å². The molecule has 2 rings (SSSR count). The fourth-order valence-electron chi connectivity index (χ4n) is 3.02. The van der Waals surface area contributed by atoms with E-state index in [2.05, 4.69) is 0 Å². The number of alkyl halides is 1. The first-order valence-electron chi connectivity index (χ1n) is 6.66. The lowest BCUT2D eigenvalue weighted by Crippen LogP contribution is -2.47. The Labute approximate surface area is 119 Å². The zero-order chi connectivity index (χ0) is 13.2. The van der Waals surface area contributed by atoms with E-state index in [1.807, 2.05) is 6.07 Å². The van der Waals surface area contributed by atoms with Gasteiger partial charge in [0.05, 0.1) is 12.6 Å². The van der Waals surface area contributed by atoms with Crippen LogP contribution in [0.3, 0.4) is 0 Å². The maximum Gasteiger partial charge on any atom is 0.225 e. The molecule has 2 aliphatic rings. The van der Waals surface area contributed by atoms with Gasteiger partial charge in [0.25, 0.3) is 0 Å². The number of nitriles is 1. The van der Waals surface area contributed by atoms with E-state index in [0.29, 0.717) is 0 Å². The molecule has 0 bridgehead atoms. The molecular formula is C13H21ClFN3O. The van der Waals surface area contributed by atoms with Gasteiger partial charge in [-0.3, -0.25) is 4.79 Å². The topological polar surface area (TPSA) is 70.1 Å². The summed E-state index contributed by atoms with van der Waals surface area (Å²) in [5.41, 5.74) is 5.78. The molecule has 0 spiro atoms. The SMILES string of the molecule is Cl.N#C[C@@H]1C[C@H](F)CN1C(=O)CC1(N)CCCCC1. The second-order valence-electron chi connectivity index (χ2n) is 5.62. The van der Waals surface area contributed by atoms with Gasteiger partial charge in [0.15, 0.2) is 0 Å². The first-order valence-corrected chi connectivity index (χ1v) is 6.66. The quantitative estimate of drug-likeness (QED) is 0.844. The molecule has 0 aromatic carbocycles. The van der Waals surface area contributed by atoms with Crippen molar-refractivity contribution < 1.29 is 9.18 Å². The molecule has 1 amide bonds. The Kier molecular flexibility index (Phi) is 5.57. The number of halogens is 2. The lowest BCUT2D eigenvalue weighted by atomic mass is 9.80. The molecule has 6 heteroatoms. The summed E-state index contributed by atoms with van der Waals surface area (Å²) in [4.78, 5) is 13.5. The van der Waals surface area contributed by atoms with Crippen molar-refractivity contribution in [1.82, 2.24) is 4.90 Å². The molecule has 0 aromatic heterocycles. The van der Waals surface area contributed by atoms with Crippen molar-refractivity contribution in [3.63, 3.8) is 0 Å². The molecular weight excluding hydrogens is 269 g/mol. The molecule has 0 aromatic rings. The highest BCUT2D eigenvalue weighted by Crippen LogP contribution is 2.30. The van der Waals surface area contributed by atoms with Crippen LogP contribution in [0.5, 0.6) is 0 Å². The van der Waals surface area contributed by atoms with E-state index in [1.54, 1.807) is 0 Å². The van der Waals surface area contributed by atoms with E-state index >= 15 is 0 Å². The molecule has 2 N–H and O–H groups in total. The van der Waals surface area contributed by atoms with Crippen LogP contribution >= 0.6 is 12.4 Å². The second-order valence-corrected chi connectivity index (χ2v) is 5.62. The van der Waals surface area contributed by atoms with Crippen molar-refractivity contribution in [3.05, 3.63) is 0 Å². The lowest BCUT2D eigenvalue weighted by Gasteiger charge is -2.34. The molecule has 1 heterocycles. The molecule has 0 unspecified atom stereocenters. The monoisotopic (exact) mass is 289 g/mol. The van der Waals surface area contributed by atoms with Crippen LogP contribution in [0, 0.1) is 11.3 Å². The Hall–Kier alpha value is -0.860. The minimum Gasteiger partial charge on any atom is -0.325 e. The van der Waals surface area contributed by atoms with Crippen molar-refractivity contribution in [2.24, 2.45) is 5.73 Å². The van der Waals surface area contributed by atoms with Crippen molar-refractivity contribution >= 4 is 18.3 Å². The summed E-state index contributed by atoms with van der Waals surface area (Å²) in [7, 11) is 0. The first-order chi connectivity index (χ1) is 8.54. The summed E-state index contributed by atoms with van der Waals surface area (Å²) >= 11 is 0. The average molecular weight is 290 g/mol. The third kappa shape index (κ3) is 3.80. The number of hydrogen-bond donors (Lipinski definition) is 1. The number of carbonyl (C=O) groups excluding carboxylic acids is 1. The average Bonchev–Trinajstić information content (AvgIpc) is 2.71. The highest BCUT2D eigenvalue weighted by Gasteiger charge is 2.38. The summed E-state index contributed by atoms with van der Waals surface area (Å²) in [6.45, 7) is 0.0488. The van der Waals surface area contributed by atoms with Crippen LogP contribution in [-0.2, 0) is 4.79 Å². The Bertz CT molecular complexity index is 365. The van der Waals surface area contributed by atoms with Gasteiger partial charge in [-0.25, -0.2) is 4.39 Å². The molecule has 2 atom stereocenters. The number of rotatable bonds is 2. The van der Waals surface area contributed by atoms with Crippen LogP contribution in [0.2, 0.25) is 0 Å². The van der Waals surface area contributed by atoms with Gasteiger partial charge in [-0.05, 0) is 12.8 Å². The third-order valence-electron chi connectivity index (χ3n) is 4.07. The van der Waals surface area contributed by atoms with E-state index in [-0.39, 0.29) is 37.7 Å². The molecule has 1 aliphatic heterocycles. The number of hydrogen-bond acceptors (Lipinski definition) is 3. The predicted molar refractivity (Wildman–Crippen MR) is 72.5 cm³/mol. The molecule has 1 aliphatic carbocycles. The van der Waals surface area contributed by atoms with Crippen molar-refractivity contribution in [3.8, 4) is 6.07 Å². The van der Waals surface area contributed by atoms with Gasteiger partial charge in [-0.15, -0.1) is 12.4 Å². The van der Waals surface area contributed by atoms with Crippen molar-refractivity contribution in [1.29, 1.82) is 5.26 Å². The van der Waals surface area contributed by atoms with Crippen LogP contribution in [-0.4, -0.2) is 35.1 Å². The number of likely N-dealkylation sites (tertiary alicyclic amines) is 1. The van der Waals surface area contributed by atoms with E-state index in [4.69, 9.17) is 11.0 Å². The minimum absolute atomic E-state index is 0. The standard InChI is InChI=1S/C13H20FN3O.ClH/c14-10-6-11(8-15)17(9-10)12(18)7-13(16)4-2-1-3-5-13;/h10-11H,1-7,9,16H2;1H/t10-,11-;/m0./s1. The third-order valence-corrected chi connectivity index (χ3v) is 4.07. The van der Waals surface area contributed by atoms with E-state index in [9.17, 15) is 9.18 Å². The van der Waals surface area contributed by atoms with E-state index in [0.717, 1.165) is 25.7 Å². The fraction of sp³-hybridized carbons (Fsp3) is 0.846. The zero-order valence-corrected chi connectivity index (χ0v) is 11.8. The molecule has 0 radical (unpaired) electrons. The van der Waals surface area contributed by atoms with Crippen molar-refractivity contribution in [2.45, 2.75) is 62.7 Å². The molecule has 4 nitrogen and oxygen atoms in total. The van der Waals surface area contributed by atoms with Gasteiger partial charge in [0, 0.05) is 18.4 Å². The Balaban J connectivity index is 0.00000180. The predicted octanol–water partition coefficient (Wildman–Crippen LogP) is 1.92. The number of nitrogens with zero attached hydrogens (tertiary/aromatic N) is 2. The second kappa shape index (κ2) is 6.53. The number of amides is 1. The molecule has 2 fully saturated rings. The zero-order valence-electron chi connectivity index (χ0n) is 11.0. The van der Waals surface area contributed by atoms with Crippen LogP contribution in [0.25, 0.3) is 0 Å². The number of carbonyl (C=O) groups is 1. The lowest BCUT2D eigenvalue weighted by molar-refractivity contribution is -0.133. The maximum atomic E-state index is 13.3. The summed E-state index contributed by atoms with van der Waals surface area (Å²) in [6, 6.07) is 1.39. The summed E-state index contributed by atoms with van der Waals surface area (Å²) in [5, 5.41) is 8.93. The minimum atomic E-state index is -1.07. The van der Waals surface area contributed by atoms with Crippen LogP contribution in [0.15, 0.2) is 0 Å². The molecule has 19 heavy (non-hydrogen) atoms. The largest absolute Gasteiger partial charge is 0.325 e. The van der Waals surface area contributed by atoms with Gasteiger partial charge in [0.2, 0.25) is 5.91 Å². The fourth-order valence-corrected chi connectivity index (χ4v) is 3.02. The Morgan fingerprint density at radius 3 is 2.63 bits per heavy atom. The maximum absolute atomic E-state index is 13.3. The van der Waals surface area contributed by atoms with Gasteiger partial charge >= 0.3 is 0 Å². The first kappa shape index (κ1) is 16.2. The van der Waals surface area contributed by atoms with Crippen LogP contribution < -0.4 is 5.73 Å². The van der Waals surface area contributed by atoms with E-state index in [1.165, 1.54) is 11.3 Å². The summed E-state index contributed by atoms with van der Waals surface area (Å²) < 4.78 is 13.3. The summed E-state index contributed by atoms with van der Waals surface area (Å²) in [5.74, 6) is -0.161. The molecule has 108 valence electrons. The summed E-state index contributed by atoms with van der Waals surface area (Å²) in [6.07, 6.45) is 4.29. The Morgan fingerprint density at radius 2 is 2.05 bits per heavy atom. The molecule has 1 saturated heterocycles. The molecule has 1 saturated carbocycles. The smallest absolute Gasteiger partial charge is 0.225 e.